The van der Waals surface area contributed by atoms with Gasteiger partial charge in [0.2, 0.25) is 0 Å². The molecule has 4 heteroatoms. The molecule has 0 unspecified atom stereocenters. The van der Waals surface area contributed by atoms with Crippen LogP contribution in [0.15, 0.2) is 27.5 Å². The van der Waals surface area contributed by atoms with Gasteiger partial charge in [-0.2, -0.15) is 0 Å². The molecule has 1 N–H and O–H groups in total. The molecule has 0 aliphatic carbocycles. The van der Waals surface area contributed by atoms with Gasteiger partial charge in [0.05, 0.1) is 5.52 Å². The van der Waals surface area contributed by atoms with Gasteiger partial charge in [-0.25, -0.2) is 0 Å². The molecule has 1 aromatic heterocycles. The molecule has 0 aliphatic rings. The van der Waals surface area contributed by atoms with Crippen molar-refractivity contribution in [3.8, 4) is 0 Å². The third kappa shape index (κ3) is 1.19. The lowest BCUT2D eigenvalue weighted by molar-refractivity contribution is 0.583. The van der Waals surface area contributed by atoms with Crippen LogP contribution in [0.3, 0.4) is 0 Å². The fourth-order valence-electron chi connectivity index (χ4n) is 0.940. The van der Waals surface area contributed by atoms with Gasteiger partial charge in [0.25, 0.3) is 4.84 Å². The van der Waals surface area contributed by atoms with E-state index in [1.165, 1.54) is 0 Å². The Morgan fingerprint density at radius 3 is 3.09 bits per heavy atom. The molecule has 1 aromatic carbocycles. The SMILES string of the molecule is S=c1[nH]c2cc(S)ccc2o1. The highest BCUT2D eigenvalue weighted by atomic mass is 32.1. The predicted molar refractivity (Wildman–Crippen MR) is 48.7 cm³/mol. The molecule has 0 spiro atoms. The Morgan fingerprint density at radius 1 is 1.45 bits per heavy atom. The van der Waals surface area contributed by atoms with Crippen LogP contribution in [0.1, 0.15) is 0 Å². The van der Waals surface area contributed by atoms with Crippen LogP contribution in [0.25, 0.3) is 11.1 Å². The number of aromatic nitrogens is 1. The third-order valence-electron chi connectivity index (χ3n) is 1.40. The number of thiol groups is 1. The molecule has 0 fully saturated rings. The number of hydrogen-bond acceptors (Lipinski definition) is 3. The monoisotopic (exact) mass is 183 g/mol. The zero-order valence-corrected chi connectivity index (χ0v) is 7.21. The number of rotatable bonds is 0. The molecule has 0 saturated heterocycles. The first kappa shape index (κ1) is 6.94. The molecule has 2 rings (SSSR count). The molecule has 11 heavy (non-hydrogen) atoms. The summed E-state index contributed by atoms with van der Waals surface area (Å²) < 4.78 is 5.15. The number of fused-ring (bicyclic) bond motifs is 1. The summed E-state index contributed by atoms with van der Waals surface area (Å²) in [6.07, 6.45) is 0. The van der Waals surface area contributed by atoms with E-state index in [0.717, 1.165) is 16.0 Å². The van der Waals surface area contributed by atoms with Gasteiger partial charge in [-0.15, -0.1) is 12.6 Å². The number of benzene rings is 1. The molecule has 1 heterocycles. The van der Waals surface area contributed by atoms with Gasteiger partial charge >= 0.3 is 0 Å². The highest BCUT2D eigenvalue weighted by Gasteiger charge is 1.96. The maximum Gasteiger partial charge on any atom is 0.266 e. The Labute approximate surface area is 73.6 Å². The van der Waals surface area contributed by atoms with Crippen LogP contribution in [0.5, 0.6) is 0 Å². The number of aromatic amines is 1. The summed E-state index contributed by atoms with van der Waals surface area (Å²) in [5.41, 5.74) is 1.66. The van der Waals surface area contributed by atoms with Crippen LogP contribution >= 0.6 is 24.8 Å². The minimum absolute atomic E-state index is 0.402. The molecule has 0 aliphatic heterocycles. The van der Waals surface area contributed by atoms with Crippen molar-refractivity contribution in [1.82, 2.24) is 4.98 Å². The van der Waals surface area contributed by atoms with Crippen molar-refractivity contribution in [2.75, 3.05) is 0 Å². The summed E-state index contributed by atoms with van der Waals surface area (Å²) >= 11 is 8.98. The molecular formula is C7H5NOS2. The largest absolute Gasteiger partial charge is 0.429 e. The van der Waals surface area contributed by atoms with Crippen molar-refractivity contribution in [2.45, 2.75) is 4.90 Å². The predicted octanol–water partition coefficient (Wildman–Crippen LogP) is 2.78. The van der Waals surface area contributed by atoms with Crippen LogP contribution in [0.2, 0.25) is 0 Å². The van der Waals surface area contributed by atoms with E-state index in [-0.39, 0.29) is 0 Å². The minimum Gasteiger partial charge on any atom is -0.429 e. The molecule has 56 valence electrons. The fraction of sp³-hybridized carbons (Fsp3) is 0. The smallest absolute Gasteiger partial charge is 0.266 e. The first-order valence-corrected chi connectivity index (χ1v) is 3.93. The molecule has 2 nitrogen and oxygen atoms in total. The highest BCUT2D eigenvalue weighted by molar-refractivity contribution is 7.80. The molecule has 0 saturated carbocycles. The average Bonchev–Trinajstić information content (AvgIpc) is 2.27. The summed E-state index contributed by atoms with van der Waals surface area (Å²) in [5.74, 6) is 0. The Morgan fingerprint density at radius 2 is 2.27 bits per heavy atom. The van der Waals surface area contributed by atoms with Crippen molar-refractivity contribution in [1.29, 1.82) is 0 Å². The second-order valence-electron chi connectivity index (χ2n) is 2.19. The van der Waals surface area contributed by atoms with Gasteiger partial charge < -0.3 is 9.40 Å². The van der Waals surface area contributed by atoms with Gasteiger partial charge in [-0.3, -0.25) is 0 Å². The van der Waals surface area contributed by atoms with Gasteiger partial charge in [-0.05, 0) is 30.4 Å². The number of hydrogen-bond donors (Lipinski definition) is 2. The molecule has 0 radical (unpaired) electrons. The van der Waals surface area contributed by atoms with E-state index in [9.17, 15) is 0 Å². The Hall–Kier alpha value is -0.740. The summed E-state index contributed by atoms with van der Waals surface area (Å²) in [7, 11) is 0. The number of oxazole rings is 1. The zero-order chi connectivity index (χ0) is 7.84. The normalized spacial score (nSPS) is 10.6. The number of nitrogens with one attached hydrogen (secondary N) is 1. The third-order valence-corrected chi connectivity index (χ3v) is 1.87. The molecule has 0 atom stereocenters. The standard InChI is InChI=1S/C7H5NOS2/c10-4-1-2-6-5(3-4)8-7(11)9-6/h1-3,10H,(H,8,11). The van der Waals surface area contributed by atoms with Crippen LogP contribution < -0.4 is 0 Å². The van der Waals surface area contributed by atoms with Crippen molar-refractivity contribution in [3.05, 3.63) is 23.0 Å². The highest BCUT2D eigenvalue weighted by Crippen LogP contribution is 2.16. The van der Waals surface area contributed by atoms with Gasteiger partial charge in [0.1, 0.15) is 0 Å². The maximum absolute atomic E-state index is 5.15. The zero-order valence-electron chi connectivity index (χ0n) is 5.50. The maximum atomic E-state index is 5.15. The lowest BCUT2D eigenvalue weighted by Gasteiger charge is -1.87. The first-order valence-electron chi connectivity index (χ1n) is 3.07. The topological polar surface area (TPSA) is 28.9 Å². The van der Waals surface area contributed by atoms with Crippen molar-refractivity contribution in [2.24, 2.45) is 0 Å². The van der Waals surface area contributed by atoms with E-state index < -0.39 is 0 Å². The molecule has 0 amide bonds. The molecule has 0 bridgehead atoms. The van der Waals surface area contributed by atoms with Crippen molar-refractivity contribution in [3.63, 3.8) is 0 Å². The van der Waals surface area contributed by atoms with E-state index in [1.54, 1.807) is 0 Å². The van der Waals surface area contributed by atoms with E-state index in [1.807, 2.05) is 18.2 Å². The Kier molecular flexibility index (Phi) is 1.51. The van der Waals surface area contributed by atoms with Crippen LogP contribution in [-0.4, -0.2) is 4.98 Å². The summed E-state index contributed by atoms with van der Waals surface area (Å²) in [5, 5.41) is 0. The lowest BCUT2D eigenvalue weighted by atomic mass is 10.3. The van der Waals surface area contributed by atoms with E-state index in [4.69, 9.17) is 16.6 Å². The Balaban J connectivity index is 2.92. The summed E-state index contributed by atoms with van der Waals surface area (Å²) in [6.45, 7) is 0. The van der Waals surface area contributed by atoms with E-state index >= 15 is 0 Å². The minimum atomic E-state index is 0.402. The second kappa shape index (κ2) is 2.39. The Bertz CT molecular complexity index is 443. The summed E-state index contributed by atoms with van der Waals surface area (Å²) in [4.78, 5) is 4.19. The van der Waals surface area contributed by atoms with Gasteiger partial charge in [-0.1, -0.05) is 0 Å². The summed E-state index contributed by atoms with van der Waals surface area (Å²) in [6, 6.07) is 5.57. The van der Waals surface area contributed by atoms with E-state index in [0.29, 0.717) is 4.84 Å². The molecular weight excluding hydrogens is 178 g/mol. The van der Waals surface area contributed by atoms with Gasteiger partial charge in [0, 0.05) is 4.90 Å². The lowest BCUT2D eigenvalue weighted by Crippen LogP contribution is -1.67. The van der Waals surface area contributed by atoms with E-state index in [2.05, 4.69) is 17.6 Å². The number of H-pyrrole nitrogens is 1. The quantitative estimate of drug-likeness (QED) is 0.485. The second-order valence-corrected chi connectivity index (χ2v) is 3.08. The van der Waals surface area contributed by atoms with Crippen molar-refractivity contribution >= 4 is 35.9 Å². The first-order chi connectivity index (χ1) is 5.25. The van der Waals surface area contributed by atoms with Crippen LogP contribution in [0.4, 0.5) is 0 Å². The van der Waals surface area contributed by atoms with Gasteiger partial charge in [0.15, 0.2) is 5.58 Å². The van der Waals surface area contributed by atoms with Crippen LogP contribution in [0, 0.1) is 4.84 Å². The van der Waals surface area contributed by atoms with Crippen LogP contribution in [-0.2, 0) is 0 Å². The molecule has 2 aromatic rings. The average molecular weight is 183 g/mol. The van der Waals surface area contributed by atoms with Crippen molar-refractivity contribution < 1.29 is 4.42 Å². The fourth-order valence-corrected chi connectivity index (χ4v) is 1.34.